The first kappa shape index (κ1) is 19.9. The van der Waals surface area contributed by atoms with Crippen LogP contribution in [-0.2, 0) is 18.3 Å². The predicted molar refractivity (Wildman–Crippen MR) is 117 cm³/mol. The molecular weight excluding hydrogens is 424 g/mol. The summed E-state index contributed by atoms with van der Waals surface area (Å²) in [4.78, 5) is 24.1. The smallest absolute Gasteiger partial charge is 0.318 e. The highest BCUT2D eigenvalue weighted by Gasteiger charge is 2.33. The van der Waals surface area contributed by atoms with Gasteiger partial charge < -0.3 is 24.0 Å². The number of aromatic nitrogens is 6. The molecule has 1 unspecified atom stereocenters. The molecule has 11 heteroatoms. The van der Waals surface area contributed by atoms with E-state index in [4.69, 9.17) is 14.2 Å². The lowest BCUT2D eigenvalue weighted by molar-refractivity contribution is 0.00779. The van der Waals surface area contributed by atoms with Crippen molar-refractivity contribution in [1.29, 1.82) is 0 Å². The molecule has 2 amide bonds. The van der Waals surface area contributed by atoms with E-state index in [1.807, 2.05) is 25.2 Å². The van der Waals surface area contributed by atoms with E-state index in [9.17, 15) is 4.79 Å². The van der Waals surface area contributed by atoms with Gasteiger partial charge in [-0.15, -0.1) is 0 Å². The highest BCUT2D eigenvalue weighted by atomic mass is 16.5. The summed E-state index contributed by atoms with van der Waals surface area (Å²) >= 11 is 0. The molecule has 1 N–H and O–H groups in total. The highest BCUT2D eigenvalue weighted by Crippen LogP contribution is 2.38. The maximum Gasteiger partial charge on any atom is 0.318 e. The van der Waals surface area contributed by atoms with Gasteiger partial charge in [0.25, 0.3) is 5.89 Å². The predicted octanol–water partition coefficient (Wildman–Crippen LogP) is 2.44. The molecule has 1 saturated carbocycles. The van der Waals surface area contributed by atoms with Gasteiger partial charge in [0.2, 0.25) is 0 Å². The Kier molecular flexibility index (Phi) is 4.83. The van der Waals surface area contributed by atoms with Crippen LogP contribution in [0.5, 0.6) is 0 Å². The van der Waals surface area contributed by atoms with Crippen molar-refractivity contribution >= 4 is 17.1 Å². The third-order valence-electron chi connectivity index (χ3n) is 6.06. The van der Waals surface area contributed by atoms with Gasteiger partial charge in [0.15, 0.2) is 5.82 Å². The number of ether oxygens (including phenoxy) is 1. The zero-order chi connectivity index (χ0) is 22.4. The average Bonchev–Trinajstić information content (AvgIpc) is 3.23. The first-order valence-electron chi connectivity index (χ1n) is 11.1. The second-order valence-corrected chi connectivity index (χ2v) is 8.42. The van der Waals surface area contributed by atoms with E-state index in [2.05, 4.69) is 31.2 Å². The number of morpholine rings is 1. The zero-order valence-corrected chi connectivity index (χ0v) is 18.2. The molecule has 1 aliphatic carbocycles. The molecule has 6 rings (SSSR count). The van der Waals surface area contributed by atoms with Crippen LogP contribution in [0.4, 0.5) is 4.79 Å². The number of nitrogens with one attached hydrogen (secondary N) is 1. The van der Waals surface area contributed by atoms with Gasteiger partial charge in [0.05, 0.1) is 42.6 Å². The van der Waals surface area contributed by atoms with Crippen LogP contribution in [0.15, 0.2) is 41.2 Å². The molecule has 0 spiro atoms. The number of urea groups is 1. The van der Waals surface area contributed by atoms with Gasteiger partial charge in [0.1, 0.15) is 11.9 Å². The van der Waals surface area contributed by atoms with Gasteiger partial charge in [-0.3, -0.25) is 4.68 Å². The van der Waals surface area contributed by atoms with Gasteiger partial charge in [0, 0.05) is 25.8 Å². The summed E-state index contributed by atoms with van der Waals surface area (Å²) in [5.41, 5.74) is 2.79. The normalized spacial score (nSPS) is 18.7. The van der Waals surface area contributed by atoms with Crippen molar-refractivity contribution in [3.05, 3.63) is 48.3 Å². The Morgan fingerprint density at radius 2 is 2.12 bits per heavy atom. The summed E-state index contributed by atoms with van der Waals surface area (Å²) in [5, 5.41) is 11.3. The van der Waals surface area contributed by atoms with E-state index in [1.165, 1.54) is 0 Å². The highest BCUT2D eigenvalue weighted by molar-refractivity contribution is 5.77. The van der Waals surface area contributed by atoms with Crippen molar-refractivity contribution in [2.24, 2.45) is 7.05 Å². The van der Waals surface area contributed by atoms with Crippen LogP contribution in [0, 0.1) is 0 Å². The van der Waals surface area contributed by atoms with E-state index in [0.29, 0.717) is 44.1 Å². The lowest BCUT2D eigenvalue weighted by Gasteiger charge is -2.33. The van der Waals surface area contributed by atoms with E-state index in [0.717, 1.165) is 35.3 Å². The van der Waals surface area contributed by atoms with Crippen molar-refractivity contribution in [3.8, 4) is 11.5 Å². The number of carbonyl (C=O) groups is 1. The zero-order valence-electron chi connectivity index (χ0n) is 18.2. The van der Waals surface area contributed by atoms with Crippen molar-refractivity contribution in [3.63, 3.8) is 0 Å². The minimum atomic E-state index is -0.435. The number of nitrogens with zero attached hydrogens (tertiary/aromatic N) is 7. The summed E-state index contributed by atoms with van der Waals surface area (Å²) in [6.45, 7) is 1.55. The number of rotatable bonds is 5. The standard InChI is InChI=1S/C22H24N8O3/c1-28-12-14(10-24-28)21-26-20(27-33-21)18-13-32-9-8-29(18)22(31)23-11-19-25-16-4-2-3-5-17(16)30(19)15-6-7-15/h2-5,10,12,15,18H,6-9,11,13H2,1H3,(H,23,31). The average molecular weight is 448 g/mol. The largest absolute Gasteiger partial charge is 0.377 e. The van der Waals surface area contributed by atoms with Crippen LogP contribution in [0.2, 0.25) is 0 Å². The van der Waals surface area contributed by atoms with E-state index >= 15 is 0 Å². The SMILES string of the molecule is Cn1cc(-c2nc(C3COCCN3C(=O)NCc3nc4ccccc4n3C3CC3)no2)cn1. The van der Waals surface area contributed by atoms with Gasteiger partial charge in [-0.05, 0) is 25.0 Å². The van der Waals surface area contributed by atoms with E-state index < -0.39 is 6.04 Å². The molecule has 170 valence electrons. The fourth-order valence-corrected chi connectivity index (χ4v) is 4.30. The second kappa shape index (κ2) is 8.00. The van der Waals surface area contributed by atoms with Gasteiger partial charge in [-0.2, -0.15) is 10.1 Å². The molecule has 1 aliphatic heterocycles. The monoisotopic (exact) mass is 448 g/mol. The number of benzene rings is 1. The minimum absolute atomic E-state index is 0.203. The Labute approximate surface area is 189 Å². The fourth-order valence-electron chi connectivity index (χ4n) is 4.30. The molecule has 0 radical (unpaired) electrons. The first-order valence-corrected chi connectivity index (χ1v) is 11.1. The van der Waals surface area contributed by atoms with Gasteiger partial charge >= 0.3 is 6.03 Å². The molecule has 0 bridgehead atoms. The number of aryl methyl sites for hydroxylation is 1. The van der Waals surface area contributed by atoms with Crippen molar-refractivity contribution in [1.82, 2.24) is 39.7 Å². The van der Waals surface area contributed by atoms with Crippen molar-refractivity contribution < 1.29 is 14.1 Å². The van der Waals surface area contributed by atoms with Crippen LogP contribution in [-0.4, -0.2) is 60.2 Å². The number of hydrogen-bond donors (Lipinski definition) is 1. The molecule has 4 heterocycles. The van der Waals surface area contributed by atoms with Crippen LogP contribution in [0.3, 0.4) is 0 Å². The first-order chi connectivity index (χ1) is 16.2. The molecule has 2 aliphatic rings. The molecule has 3 aromatic heterocycles. The fraction of sp³-hybridized carbons (Fsp3) is 0.409. The molecule has 1 atom stereocenters. The molecule has 11 nitrogen and oxygen atoms in total. The maximum absolute atomic E-state index is 13.2. The number of fused-ring (bicyclic) bond motifs is 1. The van der Waals surface area contributed by atoms with Crippen LogP contribution >= 0.6 is 0 Å². The van der Waals surface area contributed by atoms with Crippen molar-refractivity contribution in [2.75, 3.05) is 19.8 Å². The Morgan fingerprint density at radius 1 is 1.24 bits per heavy atom. The van der Waals surface area contributed by atoms with Crippen LogP contribution in [0.25, 0.3) is 22.5 Å². The lowest BCUT2D eigenvalue weighted by atomic mass is 10.2. The summed E-state index contributed by atoms with van der Waals surface area (Å²) in [5.74, 6) is 1.64. The van der Waals surface area contributed by atoms with E-state index in [-0.39, 0.29) is 6.03 Å². The molecule has 33 heavy (non-hydrogen) atoms. The summed E-state index contributed by atoms with van der Waals surface area (Å²) in [7, 11) is 1.82. The second-order valence-electron chi connectivity index (χ2n) is 8.42. The molecular formula is C22H24N8O3. The topological polar surface area (TPSA) is 116 Å². The number of carbonyl (C=O) groups excluding carboxylic acids is 1. The molecule has 2 fully saturated rings. The summed E-state index contributed by atoms with van der Waals surface area (Å²) in [6, 6.07) is 7.92. The van der Waals surface area contributed by atoms with Crippen molar-refractivity contribution in [2.45, 2.75) is 31.5 Å². The lowest BCUT2D eigenvalue weighted by Crippen LogP contribution is -2.48. The quantitative estimate of drug-likeness (QED) is 0.498. The maximum atomic E-state index is 13.2. The third kappa shape index (κ3) is 3.74. The Morgan fingerprint density at radius 3 is 2.94 bits per heavy atom. The third-order valence-corrected chi connectivity index (χ3v) is 6.06. The Bertz CT molecular complexity index is 1300. The molecule has 1 aromatic carbocycles. The number of amides is 2. The Balaban J connectivity index is 1.20. The molecule has 1 saturated heterocycles. The van der Waals surface area contributed by atoms with Crippen LogP contribution < -0.4 is 5.32 Å². The van der Waals surface area contributed by atoms with Gasteiger partial charge in [-0.25, -0.2) is 9.78 Å². The van der Waals surface area contributed by atoms with Gasteiger partial charge in [-0.1, -0.05) is 17.3 Å². The minimum Gasteiger partial charge on any atom is -0.377 e. The van der Waals surface area contributed by atoms with Crippen LogP contribution in [0.1, 0.15) is 36.6 Å². The number of para-hydroxylation sites is 2. The number of hydrogen-bond acceptors (Lipinski definition) is 7. The molecule has 4 aromatic rings. The van der Waals surface area contributed by atoms with E-state index in [1.54, 1.807) is 22.0 Å². The number of imidazole rings is 1. The summed E-state index contributed by atoms with van der Waals surface area (Å²) < 4.78 is 15.0. The summed E-state index contributed by atoms with van der Waals surface area (Å²) in [6.07, 6.45) is 5.74. The Hall–Kier alpha value is -3.73.